The Morgan fingerprint density at radius 2 is 1.95 bits per heavy atom. The van der Waals surface area contributed by atoms with Crippen molar-refractivity contribution in [3.63, 3.8) is 0 Å². The average molecular weight is 288 g/mol. The lowest BCUT2D eigenvalue weighted by Crippen LogP contribution is -2.27. The lowest BCUT2D eigenvalue weighted by atomic mass is 10.2. The van der Waals surface area contributed by atoms with Crippen LogP contribution in [-0.4, -0.2) is 24.7 Å². The maximum absolute atomic E-state index is 12.2. The van der Waals surface area contributed by atoms with E-state index in [-0.39, 0.29) is 11.1 Å². The molecule has 2 rings (SSSR count). The molecule has 0 radical (unpaired) electrons. The van der Waals surface area contributed by atoms with E-state index in [1.807, 2.05) is 0 Å². The molecular formula is C15H16N2O4. The summed E-state index contributed by atoms with van der Waals surface area (Å²) in [6, 6.07) is 8.12. The third-order valence-corrected chi connectivity index (χ3v) is 3.02. The van der Waals surface area contributed by atoms with Gasteiger partial charge in [0.2, 0.25) is 0 Å². The minimum absolute atomic E-state index is 0.0675. The van der Waals surface area contributed by atoms with Gasteiger partial charge in [-0.2, -0.15) is 0 Å². The van der Waals surface area contributed by atoms with E-state index in [0.717, 1.165) is 0 Å². The molecule has 6 heteroatoms. The van der Waals surface area contributed by atoms with Crippen molar-refractivity contribution in [3.05, 3.63) is 52.4 Å². The summed E-state index contributed by atoms with van der Waals surface area (Å²) in [6.07, 6.45) is 1.59. The van der Waals surface area contributed by atoms with Crippen LogP contribution in [0.15, 0.2) is 41.3 Å². The molecule has 1 aromatic heterocycles. The highest BCUT2D eigenvalue weighted by molar-refractivity contribution is 6.04. The second kappa shape index (κ2) is 6.13. The van der Waals surface area contributed by atoms with Gasteiger partial charge in [0.05, 0.1) is 19.9 Å². The second-order valence-corrected chi connectivity index (χ2v) is 4.36. The lowest BCUT2D eigenvalue weighted by Gasteiger charge is -2.11. The van der Waals surface area contributed by atoms with Crippen LogP contribution in [0, 0.1) is 0 Å². The van der Waals surface area contributed by atoms with Crippen LogP contribution in [0.4, 0.5) is 5.69 Å². The SMILES string of the molecule is COc1ccc(NC(=O)c2cccn(C)c2=O)c(OC)c1. The summed E-state index contributed by atoms with van der Waals surface area (Å²) >= 11 is 0. The number of methoxy groups -OCH3 is 2. The molecule has 0 aliphatic heterocycles. The number of hydrogen-bond acceptors (Lipinski definition) is 4. The highest BCUT2D eigenvalue weighted by Gasteiger charge is 2.14. The summed E-state index contributed by atoms with van der Waals surface area (Å²) in [6.45, 7) is 0. The molecule has 0 aliphatic carbocycles. The Morgan fingerprint density at radius 1 is 1.19 bits per heavy atom. The van der Waals surface area contributed by atoms with Gasteiger partial charge in [-0.15, -0.1) is 0 Å². The Labute approximate surface area is 121 Å². The van der Waals surface area contributed by atoms with Gasteiger partial charge in [0.15, 0.2) is 0 Å². The summed E-state index contributed by atoms with van der Waals surface area (Å²) in [4.78, 5) is 24.1. The lowest BCUT2D eigenvalue weighted by molar-refractivity contribution is 0.102. The normalized spacial score (nSPS) is 10.0. The highest BCUT2D eigenvalue weighted by atomic mass is 16.5. The number of carbonyl (C=O) groups is 1. The summed E-state index contributed by atoms with van der Waals surface area (Å²) in [7, 11) is 4.62. The molecule has 0 atom stereocenters. The number of amides is 1. The quantitative estimate of drug-likeness (QED) is 0.929. The van der Waals surface area contributed by atoms with Gasteiger partial charge in [-0.1, -0.05) is 0 Å². The average Bonchev–Trinajstić information content (AvgIpc) is 2.50. The van der Waals surface area contributed by atoms with Gasteiger partial charge >= 0.3 is 0 Å². The topological polar surface area (TPSA) is 69.6 Å². The summed E-state index contributed by atoms with van der Waals surface area (Å²) in [5.41, 5.74) is 0.176. The first kappa shape index (κ1) is 14.6. The monoisotopic (exact) mass is 288 g/mol. The first-order valence-corrected chi connectivity index (χ1v) is 6.26. The molecule has 1 heterocycles. The minimum atomic E-state index is -0.486. The zero-order valence-electron chi connectivity index (χ0n) is 12.0. The molecule has 0 spiro atoms. The fourth-order valence-corrected chi connectivity index (χ4v) is 1.86. The molecule has 1 aromatic carbocycles. The molecule has 0 bridgehead atoms. The molecule has 6 nitrogen and oxygen atoms in total. The number of carbonyl (C=O) groups excluding carboxylic acids is 1. The predicted octanol–water partition coefficient (Wildman–Crippen LogP) is 1.65. The minimum Gasteiger partial charge on any atom is -0.497 e. The van der Waals surface area contributed by atoms with Crippen LogP contribution in [0.5, 0.6) is 11.5 Å². The number of benzene rings is 1. The summed E-state index contributed by atoms with van der Waals surface area (Å²) < 4.78 is 11.6. The van der Waals surface area contributed by atoms with Crippen molar-refractivity contribution >= 4 is 11.6 Å². The maximum atomic E-state index is 12.2. The van der Waals surface area contributed by atoms with E-state index in [4.69, 9.17) is 9.47 Å². The van der Waals surface area contributed by atoms with Crippen molar-refractivity contribution in [2.45, 2.75) is 0 Å². The number of pyridine rings is 1. The van der Waals surface area contributed by atoms with Crippen LogP contribution < -0.4 is 20.3 Å². The number of nitrogens with one attached hydrogen (secondary N) is 1. The van der Waals surface area contributed by atoms with E-state index in [0.29, 0.717) is 17.2 Å². The van der Waals surface area contributed by atoms with Crippen LogP contribution in [0.3, 0.4) is 0 Å². The Morgan fingerprint density at radius 3 is 2.62 bits per heavy atom. The first-order chi connectivity index (χ1) is 10.1. The van der Waals surface area contributed by atoms with Crippen LogP contribution in [0.25, 0.3) is 0 Å². The Balaban J connectivity index is 2.31. The van der Waals surface area contributed by atoms with Crippen LogP contribution in [0.1, 0.15) is 10.4 Å². The Kier molecular flexibility index (Phi) is 4.27. The second-order valence-electron chi connectivity index (χ2n) is 4.36. The number of nitrogens with zero attached hydrogens (tertiary/aromatic N) is 1. The molecule has 110 valence electrons. The van der Waals surface area contributed by atoms with E-state index in [2.05, 4.69) is 5.32 Å². The van der Waals surface area contributed by atoms with Crippen molar-refractivity contribution in [2.24, 2.45) is 7.05 Å². The summed E-state index contributed by atoms with van der Waals surface area (Å²) in [5.74, 6) is 0.579. The molecule has 0 saturated heterocycles. The molecular weight excluding hydrogens is 272 g/mol. The number of aryl methyl sites for hydroxylation is 1. The third kappa shape index (κ3) is 3.05. The van der Waals surface area contributed by atoms with E-state index in [9.17, 15) is 9.59 Å². The number of aromatic nitrogens is 1. The standard InChI is InChI=1S/C15H16N2O4/c1-17-8-4-5-11(15(17)19)14(18)16-12-7-6-10(20-2)9-13(12)21-3/h4-9H,1-3H3,(H,16,18). The van der Waals surface area contributed by atoms with Crippen molar-refractivity contribution in [2.75, 3.05) is 19.5 Å². The molecule has 0 aliphatic rings. The molecule has 1 amide bonds. The van der Waals surface area contributed by atoms with E-state index in [1.165, 1.54) is 17.7 Å². The van der Waals surface area contributed by atoms with Crippen molar-refractivity contribution in [1.29, 1.82) is 0 Å². The van der Waals surface area contributed by atoms with Crippen LogP contribution in [0.2, 0.25) is 0 Å². The molecule has 2 aromatic rings. The van der Waals surface area contributed by atoms with E-state index in [1.54, 1.807) is 44.6 Å². The zero-order chi connectivity index (χ0) is 15.4. The number of hydrogen-bond donors (Lipinski definition) is 1. The van der Waals surface area contributed by atoms with Gasteiger partial charge in [-0.3, -0.25) is 9.59 Å². The molecule has 0 unspecified atom stereocenters. The first-order valence-electron chi connectivity index (χ1n) is 6.26. The van der Waals surface area contributed by atoms with Gasteiger partial charge in [0, 0.05) is 19.3 Å². The van der Waals surface area contributed by atoms with Gasteiger partial charge in [0.1, 0.15) is 17.1 Å². The van der Waals surface area contributed by atoms with Crippen LogP contribution in [-0.2, 0) is 7.05 Å². The van der Waals surface area contributed by atoms with Gasteiger partial charge in [-0.05, 0) is 24.3 Å². The Hall–Kier alpha value is -2.76. The van der Waals surface area contributed by atoms with Gasteiger partial charge in [0.25, 0.3) is 11.5 Å². The maximum Gasteiger partial charge on any atom is 0.263 e. The number of ether oxygens (including phenoxy) is 2. The van der Waals surface area contributed by atoms with E-state index < -0.39 is 5.91 Å². The summed E-state index contributed by atoms with van der Waals surface area (Å²) in [5, 5.41) is 2.66. The fourth-order valence-electron chi connectivity index (χ4n) is 1.86. The molecule has 1 N–H and O–H groups in total. The van der Waals surface area contributed by atoms with Crippen molar-refractivity contribution in [1.82, 2.24) is 4.57 Å². The number of anilines is 1. The Bertz CT molecular complexity index is 722. The predicted molar refractivity (Wildman–Crippen MR) is 79.2 cm³/mol. The fraction of sp³-hybridized carbons (Fsp3) is 0.200. The smallest absolute Gasteiger partial charge is 0.263 e. The zero-order valence-corrected chi connectivity index (χ0v) is 12.0. The third-order valence-electron chi connectivity index (χ3n) is 3.02. The number of rotatable bonds is 4. The van der Waals surface area contributed by atoms with Gasteiger partial charge in [-0.25, -0.2) is 0 Å². The van der Waals surface area contributed by atoms with Gasteiger partial charge < -0.3 is 19.4 Å². The highest BCUT2D eigenvalue weighted by Crippen LogP contribution is 2.29. The van der Waals surface area contributed by atoms with Crippen molar-refractivity contribution in [3.8, 4) is 11.5 Å². The largest absolute Gasteiger partial charge is 0.497 e. The van der Waals surface area contributed by atoms with E-state index >= 15 is 0 Å². The molecule has 21 heavy (non-hydrogen) atoms. The molecule has 0 saturated carbocycles. The van der Waals surface area contributed by atoms with Crippen molar-refractivity contribution < 1.29 is 14.3 Å². The molecule has 0 fully saturated rings. The van der Waals surface area contributed by atoms with Crippen LogP contribution >= 0.6 is 0 Å².